The number of aryl methyl sites for hydroxylation is 1. The Morgan fingerprint density at radius 3 is 2.85 bits per heavy atom. The van der Waals surface area contributed by atoms with Gasteiger partial charge in [0.1, 0.15) is 0 Å². The summed E-state index contributed by atoms with van der Waals surface area (Å²) in [5, 5.41) is 2.80. The highest BCUT2D eigenvalue weighted by atomic mass is 16.1. The summed E-state index contributed by atoms with van der Waals surface area (Å²) in [7, 11) is 3.96. The number of rotatable bonds is 0. The van der Waals surface area contributed by atoms with Crippen LogP contribution in [-0.2, 0) is 13.5 Å². The van der Waals surface area contributed by atoms with Gasteiger partial charge in [-0.3, -0.25) is 19.5 Å². The van der Waals surface area contributed by atoms with Gasteiger partial charge in [-0.1, -0.05) is 0 Å². The number of H-pyrrole nitrogens is 1. The zero-order valence-electron chi connectivity index (χ0n) is 8.29. The standard InChI is InChI=1S/C9H15N3O/c1-6-8-7(4-5-11(6)2)12(3)10-9(8)13/h6H,4-5H2,1-3H3,(H,10,13). The molecule has 0 fully saturated rings. The Labute approximate surface area is 77.1 Å². The molecule has 0 radical (unpaired) electrons. The van der Waals surface area contributed by atoms with Gasteiger partial charge in [0.15, 0.2) is 0 Å². The van der Waals surface area contributed by atoms with Gasteiger partial charge in [0.05, 0.1) is 5.56 Å². The molecule has 0 aliphatic carbocycles. The minimum Gasteiger partial charge on any atom is -0.299 e. The maximum Gasteiger partial charge on any atom is 0.269 e. The largest absolute Gasteiger partial charge is 0.299 e. The summed E-state index contributed by atoms with van der Waals surface area (Å²) in [5.74, 6) is 0. The van der Waals surface area contributed by atoms with E-state index in [-0.39, 0.29) is 11.6 Å². The first-order valence-corrected chi connectivity index (χ1v) is 4.59. The van der Waals surface area contributed by atoms with Crippen LogP contribution in [0.2, 0.25) is 0 Å². The molecule has 1 aliphatic heterocycles. The first kappa shape index (κ1) is 8.56. The Morgan fingerprint density at radius 2 is 2.15 bits per heavy atom. The summed E-state index contributed by atoms with van der Waals surface area (Å²) in [6.45, 7) is 3.10. The highest BCUT2D eigenvalue weighted by Gasteiger charge is 2.26. The predicted octanol–water partition coefficient (Wildman–Crippen LogP) is 0.262. The fourth-order valence-electron chi connectivity index (χ4n) is 2.02. The van der Waals surface area contributed by atoms with Crippen molar-refractivity contribution in [2.24, 2.45) is 7.05 Å². The summed E-state index contributed by atoms with van der Waals surface area (Å²) in [4.78, 5) is 13.7. The smallest absolute Gasteiger partial charge is 0.269 e. The van der Waals surface area contributed by atoms with Crippen molar-refractivity contribution in [3.63, 3.8) is 0 Å². The second kappa shape index (κ2) is 2.73. The fourth-order valence-corrected chi connectivity index (χ4v) is 2.02. The highest BCUT2D eigenvalue weighted by Crippen LogP contribution is 2.24. The second-order valence-corrected chi connectivity index (χ2v) is 3.77. The van der Waals surface area contributed by atoms with Crippen LogP contribution in [0.25, 0.3) is 0 Å². The first-order chi connectivity index (χ1) is 6.11. The molecule has 72 valence electrons. The molecule has 0 saturated carbocycles. The van der Waals surface area contributed by atoms with Gasteiger partial charge < -0.3 is 0 Å². The molecule has 2 heterocycles. The molecule has 1 atom stereocenters. The van der Waals surface area contributed by atoms with E-state index in [1.165, 1.54) is 0 Å². The highest BCUT2D eigenvalue weighted by molar-refractivity contribution is 5.24. The minimum atomic E-state index is 0.0663. The number of likely N-dealkylation sites (N-methyl/N-ethyl adjacent to an activating group) is 1. The molecule has 1 aromatic heterocycles. The van der Waals surface area contributed by atoms with Crippen molar-refractivity contribution in [3.8, 4) is 0 Å². The van der Waals surface area contributed by atoms with Crippen molar-refractivity contribution < 1.29 is 0 Å². The van der Waals surface area contributed by atoms with Crippen LogP contribution in [0.1, 0.15) is 24.2 Å². The maximum absolute atomic E-state index is 11.5. The van der Waals surface area contributed by atoms with Gasteiger partial charge in [-0.15, -0.1) is 0 Å². The number of fused-ring (bicyclic) bond motifs is 1. The van der Waals surface area contributed by atoms with Crippen LogP contribution in [0.5, 0.6) is 0 Å². The van der Waals surface area contributed by atoms with E-state index in [0.29, 0.717) is 0 Å². The third kappa shape index (κ3) is 1.13. The lowest BCUT2D eigenvalue weighted by atomic mass is 10.0. The third-order valence-electron chi connectivity index (χ3n) is 3.01. The van der Waals surface area contributed by atoms with Gasteiger partial charge in [-0.05, 0) is 14.0 Å². The number of hydrogen-bond donors (Lipinski definition) is 1. The van der Waals surface area contributed by atoms with Gasteiger partial charge in [-0.2, -0.15) is 0 Å². The van der Waals surface area contributed by atoms with E-state index in [2.05, 4.69) is 24.0 Å². The molecule has 4 nitrogen and oxygen atoms in total. The van der Waals surface area contributed by atoms with Crippen molar-refractivity contribution in [1.29, 1.82) is 0 Å². The Balaban J connectivity index is 2.59. The number of nitrogens with one attached hydrogen (secondary N) is 1. The normalized spacial score (nSPS) is 23.2. The molecule has 4 heteroatoms. The quantitative estimate of drug-likeness (QED) is 0.624. The summed E-state index contributed by atoms with van der Waals surface area (Å²) in [6.07, 6.45) is 0.964. The van der Waals surface area contributed by atoms with Crippen molar-refractivity contribution in [3.05, 3.63) is 21.6 Å². The van der Waals surface area contributed by atoms with Gasteiger partial charge in [0.2, 0.25) is 0 Å². The van der Waals surface area contributed by atoms with Crippen LogP contribution in [-0.4, -0.2) is 28.3 Å². The lowest BCUT2D eigenvalue weighted by molar-refractivity contribution is 0.244. The minimum absolute atomic E-state index is 0.0663. The van der Waals surface area contributed by atoms with Crippen LogP contribution in [0.4, 0.5) is 0 Å². The van der Waals surface area contributed by atoms with E-state index in [0.717, 1.165) is 24.2 Å². The topological polar surface area (TPSA) is 41.0 Å². The van der Waals surface area contributed by atoms with E-state index in [1.54, 1.807) is 0 Å². The Bertz CT molecular complexity index is 377. The summed E-state index contributed by atoms with van der Waals surface area (Å²) < 4.78 is 1.85. The molecule has 2 rings (SSSR count). The Hall–Kier alpha value is -1.03. The first-order valence-electron chi connectivity index (χ1n) is 4.59. The molecule has 1 aromatic rings. The number of hydrogen-bond acceptors (Lipinski definition) is 2. The molecule has 0 saturated heterocycles. The van der Waals surface area contributed by atoms with E-state index in [4.69, 9.17) is 0 Å². The summed E-state index contributed by atoms with van der Waals surface area (Å²) in [5.41, 5.74) is 2.17. The average molecular weight is 181 g/mol. The molecule has 0 aromatic carbocycles. The van der Waals surface area contributed by atoms with E-state index in [9.17, 15) is 4.79 Å². The summed E-state index contributed by atoms with van der Waals surface area (Å²) in [6, 6.07) is 0.244. The number of aromatic amines is 1. The second-order valence-electron chi connectivity index (χ2n) is 3.77. The van der Waals surface area contributed by atoms with Crippen LogP contribution in [0, 0.1) is 0 Å². The van der Waals surface area contributed by atoms with Crippen LogP contribution in [0.15, 0.2) is 4.79 Å². The van der Waals surface area contributed by atoms with Crippen LogP contribution < -0.4 is 5.56 Å². The number of aromatic nitrogens is 2. The zero-order chi connectivity index (χ0) is 9.59. The van der Waals surface area contributed by atoms with Gasteiger partial charge >= 0.3 is 0 Å². The SMILES string of the molecule is CC1c2c(n(C)[nH]c2=O)CCN1C. The van der Waals surface area contributed by atoms with Crippen LogP contribution in [0.3, 0.4) is 0 Å². The van der Waals surface area contributed by atoms with E-state index in [1.807, 2.05) is 11.7 Å². The van der Waals surface area contributed by atoms with Gasteiger partial charge in [0, 0.05) is 31.7 Å². The third-order valence-corrected chi connectivity index (χ3v) is 3.01. The molecular weight excluding hydrogens is 166 g/mol. The molecule has 13 heavy (non-hydrogen) atoms. The van der Waals surface area contributed by atoms with Crippen molar-refractivity contribution in [2.75, 3.05) is 13.6 Å². The maximum atomic E-state index is 11.5. The lowest BCUT2D eigenvalue weighted by Crippen LogP contribution is -2.33. The molecule has 0 bridgehead atoms. The van der Waals surface area contributed by atoms with Crippen LogP contribution >= 0.6 is 0 Å². The summed E-state index contributed by atoms with van der Waals surface area (Å²) >= 11 is 0. The molecular formula is C9H15N3O. The number of nitrogens with zero attached hydrogens (tertiary/aromatic N) is 2. The van der Waals surface area contributed by atoms with E-state index >= 15 is 0 Å². The Kier molecular flexibility index (Phi) is 1.80. The van der Waals surface area contributed by atoms with E-state index < -0.39 is 0 Å². The van der Waals surface area contributed by atoms with Crippen molar-refractivity contribution in [2.45, 2.75) is 19.4 Å². The molecule has 1 aliphatic rings. The lowest BCUT2D eigenvalue weighted by Gasteiger charge is -2.29. The molecule has 1 unspecified atom stereocenters. The van der Waals surface area contributed by atoms with Crippen molar-refractivity contribution in [1.82, 2.24) is 14.7 Å². The van der Waals surface area contributed by atoms with Crippen molar-refractivity contribution >= 4 is 0 Å². The molecule has 0 amide bonds. The monoisotopic (exact) mass is 181 g/mol. The predicted molar refractivity (Wildman–Crippen MR) is 50.8 cm³/mol. The zero-order valence-corrected chi connectivity index (χ0v) is 8.29. The average Bonchev–Trinajstić information content (AvgIpc) is 2.35. The fraction of sp³-hybridized carbons (Fsp3) is 0.667. The van der Waals surface area contributed by atoms with Gasteiger partial charge in [-0.25, -0.2) is 0 Å². The molecule has 1 N–H and O–H groups in total. The molecule has 0 spiro atoms. The Morgan fingerprint density at radius 1 is 1.46 bits per heavy atom. The van der Waals surface area contributed by atoms with Gasteiger partial charge in [0.25, 0.3) is 5.56 Å².